The zero-order chi connectivity index (χ0) is 40.8. The minimum absolute atomic E-state index is 0.0513. The molecule has 0 radical (unpaired) electrons. The van der Waals surface area contributed by atoms with Gasteiger partial charge in [0.25, 0.3) is 0 Å². The van der Waals surface area contributed by atoms with Crippen molar-refractivity contribution in [2.75, 3.05) is 10.6 Å². The molecule has 4 aromatic heterocycles. The van der Waals surface area contributed by atoms with Gasteiger partial charge in [0.1, 0.15) is 11.6 Å². The van der Waals surface area contributed by atoms with Crippen LogP contribution in [-0.2, 0) is 45.1 Å². The van der Waals surface area contributed by atoms with E-state index >= 15 is 0 Å². The monoisotopic (exact) mass is 830 g/mol. The Morgan fingerprint density at radius 2 is 1.02 bits per heavy atom. The molecular weight excluding hydrogens is 779 g/mol. The maximum atomic E-state index is 12.8. The molecular formula is C42H52Cl2N10O4. The number of pyridine rings is 2. The smallest absolute Gasteiger partial charge is 0.228 e. The molecule has 2 aliphatic carbocycles. The molecule has 4 atom stereocenters. The number of aromatic nitrogens is 6. The number of hydrogen-bond donors (Lipinski definition) is 4. The fraction of sp³-hybridized carbons (Fsp3) is 0.524. The zero-order valence-corrected chi connectivity index (χ0v) is 34.7. The highest BCUT2D eigenvalue weighted by atomic mass is 35.5. The lowest BCUT2D eigenvalue weighted by Crippen LogP contribution is -2.40. The lowest BCUT2D eigenvalue weighted by molar-refractivity contribution is -0.123. The summed E-state index contributed by atoms with van der Waals surface area (Å²) < 4.78 is 4.08. The SMILES string of the molecule is CC(=O)N[C@H]1CCC[C@H](C(=O)Nc2cc(-c3cnn4c3CCCC4)c(Cl)cn2)C1.CC(=O)N[C@H]1CCC[C@H](C(=O)Nc2cc(-c3cnn4c3CCCC4)c(Cl)cn2)C1. The third-order valence-electron chi connectivity index (χ3n) is 11.7. The second-order valence-corrected chi connectivity index (χ2v) is 16.8. The molecule has 16 heteroatoms. The van der Waals surface area contributed by atoms with Crippen LogP contribution in [0.4, 0.5) is 11.6 Å². The molecule has 8 rings (SSSR count). The summed E-state index contributed by atoms with van der Waals surface area (Å²) in [7, 11) is 0. The summed E-state index contributed by atoms with van der Waals surface area (Å²) in [5, 5.41) is 21.8. The average Bonchev–Trinajstić information content (AvgIpc) is 3.84. The molecule has 4 aliphatic rings. The summed E-state index contributed by atoms with van der Waals surface area (Å²) in [5.41, 5.74) is 6.09. The Bertz CT molecular complexity index is 2000. The van der Waals surface area contributed by atoms with Crippen LogP contribution in [0, 0.1) is 11.8 Å². The normalized spacial score (nSPS) is 21.3. The van der Waals surface area contributed by atoms with E-state index in [1.54, 1.807) is 12.4 Å². The van der Waals surface area contributed by atoms with Gasteiger partial charge in [-0.3, -0.25) is 28.5 Å². The van der Waals surface area contributed by atoms with Crippen molar-refractivity contribution in [3.8, 4) is 22.3 Å². The van der Waals surface area contributed by atoms with Gasteiger partial charge in [0.05, 0.1) is 22.4 Å². The second-order valence-electron chi connectivity index (χ2n) is 16.0. The quantitative estimate of drug-likeness (QED) is 0.145. The van der Waals surface area contributed by atoms with Gasteiger partial charge in [0.2, 0.25) is 23.6 Å². The van der Waals surface area contributed by atoms with E-state index in [0.29, 0.717) is 34.5 Å². The fourth-order valence-corrected chi connectivity index (χ4v) is 9.28. The predicted molar refractivity (Wildman–Crippen MR) is 223 cm³/mol. The van der Waals surface area contributed by atoms with Gasteiger partial charge in [0, 0.05) is 96.9 Å². The summed E-state index contributed by atoms with van der Waals surface area (Å²) in [6.45, 7) is 4.88. The Labute approximate surface area is 348 Å². The Hall–Kier alpha value is -4.82. The third-order valence-corrected chi connectivity index (χ3v) is 12.3. The minimum Gasteiger partial charge on any atom is -0.354 e. The van der Waals surface area contributed by atoms with Crippen LogP contribution in [0.5, 0.6) is 0 Å². The lowest BCUT2D eigenvalue weighted by Gasteiger charge is -2.28. The molecule has 4 N–H and O–H groups in total. The van der Waals surface area contributed by atoms with Gasteiger partial charge in [-0.15, -0.1) is 0 Å². The van der Waals surface area contributed by atoms with Crippen molar-refractivity contribution in [3.05, 3.63) is 58.4 Å². The van der Waals surface area contributed by atoms with Crippen molar-refractivity contribution in [1.29, 1.82) is 0 Å². The highest BCUT2D eigenvalue weighted by Gasteiger charge is 2.30. The van der Waals surface area contributed by atoms with Crippen LogP contribution >= 0.6 is 23.2 Å². The van der Waals surface area contributed by atoms with Crippen molar-refractivity contribution in [2.45, 2.75) is 129 Å². The maximum absolute atomic E-state index is 12.8. The highest BCUT2D eigenvalue weighted by Crippen LogP contribution is 2.36. The number of fused-ring (bicyclic) bond motifs is 2. The van der Waals surface area contributed by atoms with Gasteiger partial charge >= 0.3 is 0 Å². The first-order valence-electron chi connectivity index (χ1n) is 20.6. The molecule has 14 nitrogen and oxygen atoms in total. The molecule has 0 spiro atoms. The molecule has 2 fully saturated rings. The lowest BCUT2D eigenvalue weighted by atomic mass is 9.85. The molecule has 0 unspecified atom stereocenters. The van der Waals surface area contributed by atoms with Gasteiger partial charge in [-0.1, -0.05) is 36.0 Å². The van der Waals surface area contributed by atoms with Crippen molar-refractivity contribution in [1.82, 2.24) is 40.2 Å². The van der Waals surface area contributed by atoms with Gasteiger partial charge in [-0.2, -0.15) is 10.2 Å². The summed E-state index contributed by atoms with van der Waals surface area (Å²) in [4.78, 5) is 56.9. The Balaban J connectivity index is 0.000000177. The number of nitrogens with zero attached hydrogens (tertiary/aromatic N) is 6. The van der Waals surface area contributed by atoms with Crippen molar-refractivity contribution in [3.63, 3.8) is 0 Å². The fourth-order valence-electron chi connectivity index (χ4n) is 8.87. The van der Waals surface area contributed by atoms with E-state index in [0.717, 1.165) is 112 Å². The van der Waals surface area contributed by atoms with Crippen LogP contribution in [0.2, 0.25) is 10.0 Å². The summed E-state index contributed by atoms with van der Waals surface area (Å²) in [6.07, 6.45) is 20.0. The molecule has 0 saturated heterocycles. The number of anilines is 2. The Morgan fingerprint density at radius 3 is 1.43 bits per heavy atom. The number of nitrogens with one attached hydrogen (secondary N) is 4. The largest absolute Gasteiger partial charge is 0.354 e. The topological polar surface area (TPSA) is 178 Å². The predicted octanol–water partition coefficient (Wildman–Crippen LogP) is 7.14. The number of hydrogen-bond acceptors (Lipinski definition) is 8. The molecule has 0 bridgehead atoms. The molecule has 4 aromatic rings. The van der Waals surface area contributed by atoms with E-state index in [-0.39, 0.29) is 47.5 Å². The van der Waals surface area contributed by atoms with Gasteiger partial charge in [-0.25, -0.2) is 9.97 Å². The summed E-state index contributed by atoms with van der Waals surface area (Å²) in [5.74, 6) is 0.499. The Kier molecular flexibility index (Phi) is 13.4. The van der Waals surface area contributed by atoms with Crippen LogP contribution in [-0.4, -0.2) is 65.2 Å². The van der Waals surface area contributed by atoms with Gasteiger partial charge < -0.3 is 21.3 Å². The van der Waals surface area contributed by atoms with Crippen LogP contribution in [0.15, 0.2) is 36.9 Å². The molecule has 58 heavy (non-hydrogen) atoms. The number of rotatable bonds is 8. The van der Waals surface area contributed by atoms with Gasteiger partial charge in [0.15, 0.2) is 0 Å². The zero-order valence-electron chi connectivity index (χ0n) is 33.2. The molecule has 6 heterocycles. The van der Waals surface area contributed by atoms with E-state index < -0.39 is 0 Å². The highest BCUT2D eigenvalue weighted by molar-refractivity contribution is 6.33. The Morgan fingerprint density at radius 1 is 0.586 bits per heavy atom. The molecule has 0 aromatic carbocycles. The average molecular weight is 832 g/mol. The maximum Gasteiger partial charge on any atom is 0.228 e. The first kappa shape index (κ1) is 41.3. The van der Waals surface area contributed by atoms with Crippen LogP contribution in [0.3, 0.4) is 0 Å². The van der Waals surface area contributed by atoms with Crippen molar-refractivity contribution in [2.24, 2.45) is 11.8 Å². The summed E-state index contributed by atoms with van der Waals surface area (Å²) in [6, 6.07) is 3.79. The molecule has 2 aliphatic heterocycles. The third kappa shape index (κ3) is 10.1. The first-order valence-corrected chi connectivity index (χ1v) is 21.3. The van der Waals surface area contributed by atoms with Crippen LogP contribution in [0.25, 0.3) is 22.3 Å². The van der Waals surface area contributed by atoms with Crippen LogP contribution < -0.4 is 21.3 Å². The molecule has 308 valence electrons. The molecule has 2 saturated carbocycles. The van der Waals surface area contributed by atoms with E-state index in [1.165, 1.54) is 25.2 Å². The van der Waals surface area contributed by atoms with Crippen LogP contribution in [0.1, 0.15) is 102 Å². The standard InChI is InChI=1S/2C21H26ClN5O2/c2*1-13(28)25-15-6-4-5-14(9-15)21(29)26-20-10-16(18(22)12-23-20)17-11-24-27-8-3-2-7-19(17)27/h2*10-12,14-15H,2-9H2,1H3,(H,25,28)(H,23,26,29)/t2*14-,15-/m00/s1. The number of carbonyl (C=O) groups is 4. The number of amides is 4. The number of aryl methyl sites for hydroxylation is 2. The minimum atomic E-state index is -0.134. The van der Waals surface area contributed by atoms with E-state index in [1.807, 2.05) is 33.9 Å². The van der Waals surface area contributed by atoms with E-state index in [9.17, 15) is 19.2 Å². The molecule has 4 amide bonds. The number of carbonyl (C=O) groups excluding carboxylic acids is 4. The summed E-state index contributed by atoms with van der Waals surface area (Å²) >= 11 is 12.9. The van der Waals surface area contributed by atoms with Crippen molar-refractivity contribution < 1.29 is 19.2 Å². The first-order chi connectivity index (χ1) is 28.0. The number of halogens is 2. The second kappa shape index (κ2) is 18.8. The van der Waals surface area contributed by atoms with Gasteiger partial charge in [-0.05, 0) is 89.2 Å². The van der Waals surface area contributed by atoms with E-state index in [2.05, 4.69) is 41.4 Å². The van der Waals surface area contributed by atoms with Crippen molar-refractivity contribution >= 4 is 58.5 Å². The van der Waals surface area contributed by atoms with E-state index in [4.69, 9.17) is 23.2 Å².